The van der Waals surface area contributed by atoms with E-state index >= 15 is 0 Å². The van der Waals surface area contributed by atoms with Gasteiger partial charge in [-0.15, -0.1) is 21.5 Å². The summed E-state index contributed by atoms with van der Waals surface area (Å²) < 4.78 is 7.33. The maximum atomic E-state index is 12.6. The van der Waals surface area contributed by atoms with E-state index in [1.165, 1.54) is 0 Å². The Labute approximate surface area is 170 Å². The number of nitrogens with one attached hydrogen (secondary N) is 1. The monoisotopic (exact) mass is 406 g/mol. The van der Waals surface area contributed by atoms with E-state index in [1.54, 1.807) is 17.4 Å². The van der Waals surface area contributed by atoms with Gasteiger partial charge in [-0.25, -0.2) is 4.98 Å². The number of hydrogen-bond donors (Lipinski definition) is 1. The Kier molecular flexibility index (Phi) is 4.66. The molecule has 1 saturated heterocycles. The molecule has 0 bridgehead atoms. The summed E-state index contributed by atoms with van der Waals surface area (Å²) in [5.41, 5.74) is 2.76. The van der Waals surface area contributed by atoms with Gasteiger partial charge in [-0.3, -0.25) is 9.20 Å². The summed E-state index contributed by atoms with van der Waals surface area (Å²) in [6, 6.07) is 11.1. The number of anilines is 2. The lowest BCUT2D eigenvalue weighted by molar-refractivity contribution is 0.102. The lowest BCUT2D eigenvalue weighted by Gasteiger charge is -2.27. The molecule has 0 atom stereocenters. The molecule has 29 heavy (non-hydrogen) atoms. The highest BCUT2D eigenvalue weighted by Gasteiger charge is 2.15. The lowest BCUT2D eigenvalue weighted by Crippen LogP contribution is -2.37. The van der Waals surface area contributed by atoms with Crippen molar-refractivity contribution in [2.75, 3.05) is 36.5 Å². The van der Waals surface area contributed by atoms with Gasteiger partial charge in [0.15, 0.2) is 16.5 Å². The minimum absolute atomic E-state index is 0.273. The molecule has 9 heteroatoms. The zero-order chi connectivity index (χ0) is 19.6. The molecule has 146 valence electrons. The molecule has 1 aromatic carbocycles. The van der Waals surface area contributed by atoms with Crippen LogP contribution in [0.1, 0.15) is 10.5 Å². The third kappa shape index (κ3) is 3.69. The molecule has 0 saturated carbocycles. The molecule has 3 aromatic heterocycles. The summed E-state index contributed by atoms with van der Waals surface area (Å²) in [5, 5.41) is 13.2. The highest BCUT2D eigenvalue weighted by atomic mass is 32.1. The largest absolute Gasteiger partial charge is 0.378 e. The van der Waals surface area contributed by atoms with E-state index in [-0.39, 0.29) is 11.6 Å². The molecule has 1 fully saturated rings. The van der Waals surface area contributed by atoms with Gasteiger partial charge < -0.3 is 15.0 Å². The Morgan fingerprint density at radius 2 is 2.03 bits per heavy atom. The van der Waals surface area contributed by atoms with Crippen LogP contribution in [-0.2, 0) is 4.74 Å². The van der Waals surface area contributed by atoms with Crippen molar-refractivity contribution in [2.24, 2.45) is 0 Å². The first kappa shape index (κ1) is 17.8. The standard InChI is InChI=1S/C20H18N6O2S/c27-19(16-4-5-18(24-23-16)25-6-9-28-10-7-25)21-15-3-1-2-14(12-15)17-13-26-8-11-29-20(26)22-17/h1-5,8,11-13H,6-7,9-10H2,(H,21,27). The van der Waals surface area contributed by atoms with Crippen molar-refractivity contribution >= 4 is 33.7 Å². The second-order valence-corrected chi connectivity index (χ2v) is 7.50. The molecule has 1 amide bonds. The predicted octanol–water partition coefficient (Wildman–Crippen LogP) is 2.94. The molecule has 0 spiro atoms. The molecule has 0 aliphatic carbocycles. The van der Waals surface area contributed by atoms with Crippen molar-refractivity contribution in [1.82, 2.24) is 19.6 Å². The number of carbonyl (C=O) groups excluding carboxylic acids is 1. The van der Waals surface area contributed by atoms with E-state index in [1.807, 2.05) is 52.5 Å². The van der Waals surface area contributed by atoms with E-state index in [4.69, 9.17) is 4.74 Å². The quantitative estimate of drug-likeness (QED) is 0.561. The van der Waals surface area contributed by atoms with Crippen molar-refractivity contribution < 1.29 is 9.53 Å². The molecule has 5 rings (SSSR count). The third-order valence-corrected chi connectivity index (χ3v) is 5.50. The van der Waals surface area contributed by atoms with Crippen molar-refractivity contribution in [3.8, 4) is 11.3 Å². The zero-order valence-corrected chi connectivity index (χ0v) is 16.3. The maximum absolute atomic E-state index is 12.6. The fourth-order valence-corrected chi connectivity index (χ4v) is 3.93. The summed E-state index contributed by atoms with van der Waals surface area (Å²) in [7, 11) is 0. The minimum Gasteiger partial charge on any atom is -0.378 e. The number of rotatable bonds is 4. The van der Waals surface area contributed by atoms with Crippen molar-refractivity contribution in [2.45, 2.75) is 0 Å². The van der Waals surface area contributed by atoms with Crippen LogP contribution in [0, 0.1) is 0 Å². The molecular weight excluding hydrogens is 388 g/mol. The number of thiazole rings is 1. The number of imidazole rings is 1. The van der Waals surface area contributed by atoms with Crippen LogP contribution in [0.3, 0.4) is 0 Å². The number of benzene rings is 1. The Morgan fingerprint density at radius 1 is 1.14 bits per heavy atom. The van der Waals surface area contributed by atoms with Crippen LogP contribution >= 0.6 is 11.3 Å². The predicted molar refractivity (Wildman–Crippen MR) is 112 cm³/mol. The summed E-state index contributed by atoms with van der Waals surface area (Å²) in [5.74, 6) is 0.459. The van der Waals surface area contributed by atoms with E-state index in [0.717, 1.165) is 35.1 Å². The van der Waals surface area contributed by atoms with Crippen LogP contribution in [0.2, 0.25) is 0 Å². The van der Waals surface area contributed by atoms with Crippen molar-refractivity contribution in [1.29, 1.82) is 0 Å². The fraction of sp³-hybridized carbons (Fsp3) is 0.200. The normalized spacial score (nSPS) is 14.3. The molecular formula is C20H18N6O2S. The molecule has 0 unspecified atom stereocenters. The van der Waals surface area contributed by atoms with Gasteiger partial charge in [0.2, 0.25) is 0 Å². The van der Waals surface area contributed by atoms with E-state index in [0.29, 0.717) is 18.9 Å². The first-order valence-corrected chi connectivity index (χ1v) is 10.1. The Balaban J connectivity index is 1.31. The highest BCUT2D eigenvalue weighted by molar-refractivity contribution is 7.15. The van der Waals surface area contributed by atoms with Crippen LogP contribution in [0.4, 0.5) is 11.5 Å². The van der Waals surface area contributed by atoms with Crippen LogP contribution in [0.5, 0.6) is 0 Å². The molecule has 4 heterocycles. The molecule has 4 aromatic rings. The second kappa shape index (κ2) is 7.61. The average molecular weight is 406 g/mol. The van der Waals surface area contributed by atoms with Gasteiger partial charge in [-0.1, -0.05) is 12.1 Å². The highest BCUT2D eigenvalue weighted by Crippen LogP contribution is 2.24. The summed E-state index contributed by atoms with van der Waals surface area (Å²) >= 11 is 1.58. The fourth-order valence-electron chi connectivity index (χ4n) is 3.23. The Bertz CT molecular complexity index is 1120. The molecule has 1 N–H and O–H groups in total. The van der Waals surface area contributed by atoms with Gasteiger partial charge >= 0.3 is 0 Å². The molecule has 8 nitrogen and oxygen atoms in total. The zero-order valence-electron chi connectivity index (χ0n) is 15.5. The SMILES string of the molecule is O=C(Nc1cccc(-c2cn3ccsc3n2)c1)c1ccc(N2CCOCC2)nn1. The molecule has 1 aliphatic rings. The first-order valence-electron chi connectivity index (χ1n) is 9.27. The van der Waals surface area contributed by atoms with Gasteiger partial charge in [0.05, 0.1) is 18.9 Å². The number of hydrogen-bond acceptors (Lipinski definition) is 7. The van der Waals surface area contributed by atoms with Gasteiger partial charge in [0.25, 0.3) is 5.91 Å². The van der Waals surface area contributed by atoms with Gasteiger partial charge in [-0.2, -0.15) is 0 Å². The van der Waals surface area contributed by atoms with Crippen molar-refractivity contribution in [3.05, 3.63) is 59.9 Å². The van der Waals surface area contributed by atoms with Crippen LogP contribution in [-0.4, -0.2) is 51.8 Å². The third-order valence-electron chi connectivity index (χ3n) is 4.73. The molecule has 0 radical (unpaired) electrons. The summed E-state index contributed by atoms with van der Waals surface area (Å²) in [6.07, 6.45) is 3.95. The number of nitrogens with zero attached hydrogens (tertiary/aromatic N) is 5. The Morgan fingerprint density at radius 3 is 2.83 bits per heavy atom. The first-order chi connectivity index (χ1) is 14.3. The van der Waals surface area contributed by atoms with E-state index in [9.17, 15) is 4.79 Å². The lowest BCUT2D eigenvalue weighted by atomic mass is 10.1. The summed E-state index contributed by atoms with van der Waals surface area (Å²) in [6.45, 7) is 2.90. The van der Waals surface area contributed by atoms with Crippen LogP contribution in [0.25, 0.3) is 16.2 Å². The number of aromatic nitrogens is 4. The van der Waals surface area contributed by atoms with Gasteiger partial charge in [-0.05, 0) is 24.3 Å². The number of morpholine rings is 1. The number of ether oxygens (including phenoxy) is 1. The van der Waals surface area contributed by atoms with Gasteiger partial charge in [0, 0.05) is 42.1 Å². The smallest absolute Gasteiger partial charge is 0.276 e. The Hall–Kier alpha value is -3.30. The molecule has 1 aliphatic heterocycles. The van der Waals surface area contributed by atoms with Crippen LogP contribution in [0.15, 0.2) is 54.2 Å². The average Bonchev–Trinajstić information content (AvgIpc) is 3.37. The van der Waals surface area contributed by atoms with Crippen LogP contribution < -0.4 is 10.2 Å². The van der Waals surface area contributed by atoms with E-state index < -0.39 is 0 Å². The topological polar surface area (TPSA) is 84.7 Å². The minimum atomic E-state index is -0.297. The second-order valence-electron chi connectivity index (χ2n) is 6.63. The van der Waals surface area contributed by atoms with E-state index in [2.05, 4.69) is 25.4 Å². The number of fused-ring (bicyclic) bond motifs is 1. The number of amides is 1. The number of carbonyl (C=O) groups is 1. The summed E-state index contributed by atoms with van der Waals surface area (Å²) in [4.78, 5) is 20.2. The van der Waals surface area contributed by atoms with Gasteiger partial charge in [0.1, 0.15) is 0 Å². The maximum Gasteiger partial charge on any atom is 0.276 e. The van der Waals surface area contributed by atoms with Crippen molar-refractivity contribution in [3.63, 3.8) is 0 Å².